The number of benzene rings is 2. The number of hydrogen-bond donors (Lipinski definition) is 0. The van der Waals surface area contributed by atoms with E-state index in [0.717, 1.165) is 28.9 Å². The monoisotopic (exact) mass is 596 g/mol. The molecule has 206 valence electrons. The SMILES string of the molecule is C=CCN(CC=C)S(=O)(=O)c1ccc(C(=O)N(CCN(CC)CC)c2nc3c(C)cc(Cl)cc3s2)cc1.Cl. The Hall–Kier alpha value is -2.27. The van der Waals surface area contributed by atoms with E-state index < -0.39 is 10.0 Å². The quantitative estimate of drug-likeness (QED) is 0.225. The molecule has 7 nitrogen and oxygen atoms in total. The predicted molar refractivity (Wildman–Crippen MR) is 162 cm³/mol. The first-order valence-electron chi connectivity index (χ1n) is 12.1. The number of thiazole rings is 1. The van der Waals surface area contributed by atoms with Gasteiger partial charge in [0.15, 0.2) is 5.13 Å². The molecule has 11 heteroatoms. The van der Waals surface area contributed by atoms with Crippen LogP contribution >= 0.6 is 35.3 Å². The van der Waals surface area contributed by atoms with Gasteiger partial charge >= 0.3 is 0 Å². The lowest BCUT2D eigenvalue weighted by molar-refractivity contribution is 0.0983. The Bertz CT molecular complexity index is 1360. The lowest BCUT2D eigenvalue weighted by Gasteiger charge is -2.25. The van der Waals surface area contributed by atoms with Crippen LogP contribution in [-0.4, -0.2) is 67.8 Å². The third-order valence-electron chi connectivity index (χ3n) is 6.05. The molecule has 0 aliphatic rings. The summed E-state index contributed by atoms with van der Waals surface area (Å²) in [4.78, 5) is 22.5. The van der Waals surface area contributed by atoms with E-state index in [0.29, 0.717) is 28.8 Å². The summed E-state index contributed by atoms with van der Waals surface area (Å²) in [5.41, 5.74) is 2.14. The van der Waals surface area contributed by atoms with Gasteiger partial charge in [0.2, 0.25) is 10.0 Å². The minimum atomic E-state index is -3.76. The Kier molecular flexibility index (Phi) is 11.9. The smallest absolute Gasteiger partial charge is 0.260 e. The highest BCUT2D eigenvalue weighted by atomic mass is 35.5. The van der Waals surface area contributed by atoms with Gasteiger partial charge in [0.05, 0.1) is 15.1 Å². The van der Waals surface area contributed by atoms with E-state index in [1.54, 1.807) is 17.0 Å². The van der Waals surface area contributed by atoms with Gasteiger partial charge in [-0.3, -0.25) is 9.69 Å². The number of nitrogens with zero attached hydrogens (tertiary/aromatic N) is 4. The maximum Gasteiger partial charge on any atom is 0.260 e. The summed E-state index contributed by atoms with van der Waals surface area (Å²) < 4.78 is 28.3. The van der Waals surface area contributed by atoms with Gasteiger partial charge in [0.1, 0.15) is 0 Å². The minimum absolute atomic E-state index is 0. The van der Waals surface area contributed by atoms with Crippen LogP contribution in [0.4, 0.5) is 5.13 Å². The number of carbonyl (C=O) groups is 1. The molecular formula is C27H34Cl2N4O3S2. The first-order valence-corrected chi connectivity index (χ1v) is 14.7. The van der Waals surface area contributed by atoms with Crippen LogP contribution in [0.25, 0.3) is 10.2 Å². The molecule has 0 saturated heterocycles. The van der Waals surface area contributed by atoms with Crippen LogP contribution in [0.3, 0.4) is 0 Å². The van der Waals surface area contributed by atoms with Gasteiger partial charge < -0.3 is 4.90 Å². The highest BCUT2D eigenvalue weighted by molar-refractivity contribution is 7.89. The number of hydrogen-bond acceptors (Lipinski definition) is 6. The molecule has 0 spiro atoms. The molecule has 0 aliphatic carbocycles. The predicted octanol–water partition coefficient (Wildman–Crippen LogP) is 6.03. The van der Waals surface area contributed by atoms with Gasteiger partial charge in [-0.2, -0.15) is 4.31 Å². The number of halogens is 2. The maximum atomic E-state index is 13.7. The van der Waals surface area contributed by atoms with E-state index in [1.165, 1.54) is 39.9 Å². The van der Waals surface area contributed by atoms with Crippen LogP contribution in [0.5, 0.6) is 0 Å². The molecule has 0 atom stereocenters. The summed E-state index contributed by atoms with van der Waals surface area (Å²) in [7, 11) is -3.76. The number of aryl methyl sites for hydroxylation is 1. The molecule has 0 radical (unpaired) electrons. The van der Waals surface area contributed by atoms with Gasteiger partial charge in [-0.05, 0) is 62.0 Å². The zero-order valence-electron chi connectivity index (χ0n) is 21.9. The van der Waals surface area contributed by atoms with Crippen molar-refractivity contribution in [2.24, 2.45) is 0 Å². The summed E-state index contributed by atoms with van der Waals surface area (Å²) in [5, 5.41) is 1.21. The van der Waals surface area contributed by atoms with Crippen molar-refractivity contribution in [3.63, 3.8) is 0 Å². The second-order valence-electron chi connectivity index (χ2n) is 8.47. The summed E-state index contributed by atoms with van der Waals surface area (Å²) in [6.07, 6.45) is 3.05. The van der Waals surface area contributed by atoms with E-state index in [1.807, 2.05) is 19.1 Å². The molecule has 0 N–H and O–H groups in total. The van der Waals surface area contributed by atoms with Crippen molar-refractivity contribution < 1.29 is 13.2 Å². The number of rotatable bonds is 13. The normalized spacial score (nSPS) is 11.5. The highest BCUT2D eigenvalue weighted by Gasteiger charge is 2.25. The van der Waals surface area contributed by atoms with E-state index >= 15 is 0 Å². The lowest BCUT2D eigenvalue weighted by atomic mass is 10.2. The molecule has 1 heterocycles. The largest absolute Gasteiger partial charge is 0.302 e. The topological polar surface area (TPSA) is 73.8 Å². The molecule has 1 aromatic heterocycles. The van der Waals surface area contributed by atoms with Crippen molar-refractivity contribution >= 4 is 66.6 Å². The minimum Gasteiger partial charge on any atom is -0.302 e. The molecule has 1 amide bonds. The zero-order chi connectivity index (χ0) is 27.2. The second kappa shape index (κ2) is 14.2. The first kappa shape index (κ1) is 31.9. The first-order chi connectivity index (χ1) is 17.7. The van der Waals surface area contributed by atoms with Crippen molar-refractivity contribution in [2.75, 3.05) is 44.2 Å². The average molecular weight is 598 g/mol. The summed E-state index contributed by atoms with van der Waals surface area (Å²) in [6, 6.07) is 9.75. The van der Waals surface area contributed by atoms with Gasteiger partial charge in [-0.15, -0.1) is 25.6 Å². The molecule has 3 aromatic rings. The Morgan fingerprint density at radius 1 is 1.05 bits per heavy atom. The van der Waals surface area contributed by atoms with Gasteiger partial charge in [-0.1, -0.05) is 48.9 Å². The number of sulfonamides is 1. The number of carbonyl (C=O) groups excluding carboxylic acids is 1. The van der Waals surface area contributed by atoms with E-state index in [-0.39, 0.29) is 36.3 Å². The second-order valence-corrected chi connectivity index (χ2v) is 11.9. The third kappa shape index (κ3) is 7.22. The number of anilines is 1. The standard InChI is InChI=1S/C27H33ClN4O3S2.ClH/c1-6-14-31(15-7-2)37(34,35)23-12-10-21(11-13-23)26(33)32(17-16-30(8-3)9-4)27-29-25-20(5)18-22(28)19-24(25)36-27;/h6-7,10-13,18-19H,1-2,8-9,14-17H2,3-5H3;1H. The number of aromatic nitrogens is 1. The number of likely N-dealkylation sites (N-methyl/N-ethyl adjacent to an activating group) is 1. The molecule has 38 heavy (non-hydrogen) atoms. The van der Waals surface area contributed by atoms with Gasteiger partial charge in [0.25, 0.3) is 5.91 Å². The van der Waals surface area contributed by atoms with Crippen LogP contribution in [0, 0.1) is 6.92 Å². The van der Waals surface area contributed by atoms with Crippen molar-refractivity contribution in [2.45, 2.75) is 25.7 Å². The fraction of sp³-hybridized carbons (Fsp3) is 0.333. The van der Waals surface area contributed by atoms with E-state index in [2.05, 4.69) is 31.9 Å². The Morgan fingerprint density at radius 3 is 2.21 bits per heavy atom. The molecule has 0 saturated carbocycles. The van der Waals surface area contributed by atoms with Crippen LogP contribution in [0.1, 0.15) is 29.8 Å². The van der Waals surface area contributed by atoms with Crippen molar-refractivity contribution in [1.82, 2.24) is 14.2 Å². The Balaban J connectivity index is 0.00000507. The van der Waals surface area contributed by atoms with Crippen LogP contribution in [0.2, 0.25) is 5.02 Å². The fourth-order valence-electron chi connectivity index (χ4n) is 3.96. The summed E-state index contributed by atoms with van der Waals surface area (Å²) in [5.74, 6) is -0.243. The van der Waals surface area contributed by atoms with Crippen LogP contribution in [-0.2, 0) is 10.0 Å². The number of amides is 1. The average Bonchev–Trinajstić information content (AvgIpc) is 3.30. The van der Waals surface area contributed by atoms with Gasteiger partial charge in [0, 0.05) is 36.8 Å². The van der Waals surface area contributed by atoms with Crippen LogP contribution < -0.4 is 4.90 Å². The molecule has 0 fully saturated rings. The maximum absolute atomic E-state index is 13.7. The zero-order valence-corrected chi connectivity index (χ0v) is 25.1. The molecule has 0 unspecified atom stereocenters. The van der Waals surface area contributed by atoms with Crippen LogP contribution in [0.15, 0.2) is 66.6 Å². The van der Waals surface area contributed by atoms with E-state index in [9.17, 15) is 13.2 Å². The van der Waals surface area contributed by atoms with Crippen molar-refractivity contribution in [3.05, 3.63) is 77.9 Å². The fourth-order valence-corrected chi connectivity index (χ4v) is 6.78. The Labute approximate surface area is 240 Å². The third-order valence-corrected chi connectivity index (χ3v) is 9.14. The van der Waals surface area contributed by atoms with Crippen molar-refractivity contribution in [1.29, 1.82) is 0 Å². The number of fused-ring (bicyclic) bond motifs is 1. The molecule has 0 bridgehead atoms. The summed E-state index contributed by atoms with van der Waals surface area (Å²) >= 11 is 7.67. The molecule has 3 rings (SSSR count). The van der Waals surface area contributed by atoms with Gasteiger partial charge in [-0.25, -0.2) is 13.4 Å². The Morgan fingerprint density at radius 2 is 1.66 bits per heavy atom. The molecule has 2 aromatic carbocycles. The van der Waals surface area contributed by atoms with E-state index in [4.69, 9.17) is 16.6 Å². The molecular weight excluding hydrogens is 563 g/mol. The highest BCUT2D eigenvalue weighted by Crippen LogP contribution is 2.33. The lowest BCUT2D eigenvalue weighted by Crippen LogP contribution is -2.39. The van der Waals surface area contributed by atoms with Crippen molar-refractivity contribution in [3.8, 4) is 0 Å². The summed E-state index contributed by atoms with van der Waals surface area (Å²) in [6.45, 7) is 16.6. The molecule has 0 aliphatic heterocycles.